The van der Waals surface area contributed by atoms with Gasteiger partial charge in [0.05, 0.1) is 20.3 Å². The summed E-state index contributed by atoms with van der Waals surface area (Å²) in [6.45, 7) is 9.83. The van der Waals surface area contributed by atoms with Gasteiger partial charge in [-0.3, -0.25) is 9.80 Å². The van der Waals surface area contributed by atoms with Gasteiger partial charge in [0.15, 0.2) is 0 Å². The number of ether oxygens (including phenoxy) is 2. The second-order valence-corrected chi connectivity index (χ2v) is 6.75. The Kier molecular flexibility index (Phi) is 7.11. The van der Waals surface area contributed by atoms with E-state index >= 15 is 0 Å². The number of rotatable bonds is 6. The molecule has 26 heavy (non-hydrogen) atoms. The Hall–Kier alpha value is -1.83. The van der Waals surface area contributed by atoms with E-state index in [2.05, 4.69) is 15.1 Å². The van der Waals surface area contributed by atoms with Crippen LogP contribution in [-0.4, -0.2) is 93.4 Å². The number of hydrogen-bond acceptors (Lipinski definition) is 5. The number of nitrogens with zero attached hydrogens (tertiary/aromatic N) is 3. The van der Waals surface area contributed by atoms with Crippen LogP contribution in [0.25, 0.3) is 0 Å². The van der Waals surface area contributed by atoms with Gasteiger partial charge in [-0.05, 0) is 6.07 Å². The predicted molar refractivity (Wildman–Crippen MR) is 101 cm³/mol. The van der Waals surface area contributed by atoms with Gasteiger partial charge in [-0.2, -0.15) is 0 Å². The van der Waals surface area contributed by atoms with E-state index in [0.29, 0.717) is 6.54 Å². The van der Waals surface area contributed by atoms with Crippen molar-refractivity contribution in [3.63, 3.8) is 0 Å². The first-order chi connectivity index (χ1) is 12.8. The van der Waals surface area contributed by atoms with Crippen molar-refractivity contribution < 1.29 is 14.3 Å². The minimum atomic E-state index is 0.00346. The van der Waals surface area contributed by atoms with Gasteiger partial charge in [0.2, 0.25) is 0 Å². The summed E-state index contributed by atoms with van der Waals surface area (Å²) in [6.07, 6.45) is 0. The molecule has 0 aliphatic carbocycles. The summed E-state index contributed by atoms with van der Waals surface area (Å²) < 4.78 is 10.7. The van der Waals surface area contributed by atoms with Crippen LogP contribution in [-0.2, 0) is 11.3 Å². The first kappa shape index (κ1) is 18.9. The molecule has 0 spiro atoms. The van der Waals surface area contributed by atoms with E-state index in [1.807, 2.05) is 29.2 Å². The molecule has 0 atom stereocenters. The number of para-hydroxylation sites is 1. The van der Waals surface area contributed by atoms with Crippen molar-refractivity contribution in [3.05, 3.63) is 29.8 Å². The van der Waals surface area contributed by atoms with E-state index in [-0.39, 0.29) is 6.03 Å². The van der Waals surface area contributed by atoms with Crippen molar-refractivity contribution in [2.24, 2.45) is 0 Å². The summed E-state index contributed by atoms with van der Waals surface area (Å²) in [5, 5.41) is 3.01. The van der Waals surface area contributed by atoms with E-state index in [1.165, 1.54) is 0 Å². The zero-order valence-corrected chi connectivity index (χ0v) is 15.7. The SMILES string of the molecule is COc1ccccc1CNC(=O)N1CCN(CCN2CCOCC2)CC1. The highest BCUT2D eigenvalue weighted by molar-refractivity contribution is 5.74. The van der Waals surface area contributed by atoms with Crippen molar-refractivity contribution in [1.82, 2.24) is 20.0 Å². The molecule has 0 aromatic heterocycles. The smallest absolute Gasteiger partial charge is 0.317 e. The average Bonchev–Trinajstić information content (AvgIpc) is 2.72. The molecule has 0 saturated carbocycles. The standard InChI is InChI=1S/C19H30N4O3/c1-25-18-5-3-2-4-17(18)16-20-19(24)23-10-8-21(9-11-23)6-7-22-12-14-26-15-13-22/h2-5H,6-16H2,1H3,(H,20,24). The molecule has 2 amide bonds. The van der Waals surface area contributed by atoms with Gasteiger partial charge in [0, 0.05) is 64.5 Å². The van der Waals surface area contributed by atoms with E-state index in [9.17, 15) is 4.79 Å². The van der Waals surface area contributed by atoms with Gasteiger partial charge in [-0.25, -0.2) is 4.79 Å². The number of piperazine rings is 1. The van der Waals surface area contributed by atoms with Crippen LogP contribution in [0.3, 0.4) is 0 Å². The highest BCUT2D eigenvalue weighted by Crippen LogP contribution is 2.16. The normalized spacial score (nSPS) is 19.3. The largest absolute Gasteiger partial charge is 0.496 e. The fourth-order valence-electron chi connectivity index (χ4n) is 3.41. The number of morpholine rings is 1. The Morgan fingerprint density at radius 2 is 1.69 bits per heavy atom. The third-order valence-electron chi connectivity index (χ3n) is 5.12. The van der Waals surface area contributed by atoms with Crippen LogP contribution >= 0.6 is 0 Å². The summed E-state index contributed by atoms with van der Waals surface area (Å²) in [4.78, 5) is 19.2. The van der Waals surface area contributed by atoms with Crippen molar-refractivity contribution in [3.8, 4) is 5.75 Å². The number of hydrogen-bond donors (Lipinski definition) is 1. The molecule has 0 unspecified atom stereocenters. The summed E-state index contributed by atoms with van der Waals surface area (Å²) in [6, 6.07) is 7.78. The molecular formula is C19H30N4O3. The van der Waals surface area contributed by atoms with E-state index in [0.717, 1.165) is 76.9 Å². The molecule has 1 N–H and O–H groups in total. The average molecular weight is 362 g/mol. The number of nitrogens with one attached hydrogen (secondary N) is 1. The molecule has 144 valence electrons. The van der Waals surface area contributed by atoms with Crippen molar-refractivity contribution in [2.45, 2.75) is 6.54 Å². The lowest BCUT2D eigenvalue weighted by atomic mass is 10.2. The number of carbonyl (C=O) groups excluding carboxylic acids is 1. The molecule has 1 aromatic carbocycles. The topological polar surface area (TPSA) is 57.3 Å². The summed E-state index contributed by atoms with van der Waals surface area (Å²) in [7, 11) is 1.65. The molecule has 2 aliphatic rings. The number of methoxy groups -OCH3 is 1. The monoisotopic (exact) mass is 362 g/mol. The van der Waals surface area contributed by atoms with Gasteiger partial charge in [0.25, 0.3) is 0 Å². The van der Waals surface area contributed by atoms with Crippen LogP contribution in [0, 0.1) is 0 Å². The molecule has 2 saturated heterocycles. The van der Waals surface area contributed by atoms with Gasteiger partial charge in [0.1, 0.15) is 5.75 Å². The molecule has 2 heterocycles. The zero-order chi connectivity index (χ0) is 18.2. The van der Waals surface area contributed by atoms with E-state index < -0.39 is 0 Å². The fraction of sp³-hybridized carbons (Fsp3) is 0.632. The Labute approximate surface area is 155 Å². The van der Waals surface area contributed by atoms with Crippen molar-refractivity contribution >= 4 is 6.03 Å². The first-order valence-corrected chi connectivity index (χ1v) is 9.43. The van der Waals surface area contributed by atoms with Crippen LogP contribution in [0.2, 0.25) is 0 Å². The second kappa shape index (κ2) is 9.75. The second-order valence-electron chi connectivity index (χ2n) is 6.75. The number of urea groups is 1. The maximum absolute atomic E-state index is 12.4. The molecule has 7 nitrogen and oxygen atoms in total. The maximum atomic E-state index is 12.4. The van der Waals surface area contributed by atoms with Gasteiger partial charge in [-0.1, -0.05) is 18.2 Å². The molecule has 2 aliphatic heterocycles. The highest BCUT2D eigenvalue weighted by Gasteiger charge is 2.21. The predicted octanol–water partition coefficient (Wildman–Crippen LogP) is 0.855. The van der Waals surface area contributed by atoms with Crippen molar-refractivity contribution in [2.75, 3.05) is 72.7 Å². The van der Waals surface area contributed by atoms with E-state index in [1.54, 1.807) is 7.11 Å². The number of amides is 2. The molecular weight excluding hydrogens is 332 g/mol. The summed E-state index contributed by atoms with van der Waals surface area (Å²) in [5.41, 5.74) is 0.993. The van der Waals surface area contributed by atoms with Crippen LogP contribution in [0.5, 0.6) is 5.75 Å². The van der Waals surface area contributed by atoms with Crippen LogP contribution in [0.4, 0.5) is 4.79 Å². The van der Waals surface area contributed by atoms with Crippen LogP contribution < -0.4 is 10.1 Å². The minimum absolute atomic E-state index is 0.00346. The zero-order valence-electron chi connectivity index (χ0n) is 15.7. The Balaban J connectivity index is 1.36. The summed E-state index contributed by atoms with van der Waals surface area (Å²) in [5.74, 6) is 0.806. The van der Waals surface area contributed by atoms with Gasteiger partial charge >= 0.3 is 6.03 Å². The molecule has 0 radical (unpaired) electrons. The lowest BCUT2D eigenvalue weighted by Gasteiger charge is -2.36. The minimum Gasteiger partial charge on any atom is -0.496 e. The quantitative estimate of drug-likeness (QED) is 0.813. The molecule has 0 bridgehead atoms. The van der Waals surface area contributed by atoms with Gasteiger partial charge in [-0.15, -0.1) is 0 Å². The number of carbonyl (C=O) groups is 1. The molecule has 2 fully saturated rings. The van der Waals surface area contributed by atoms with Crippen LogP contribution in [0.15, 0.2) is 24.3 Å². The fourth-order valence-corrected chi connectivity index (χ4v) is 3.41. The Morgan fingerprint density at radius 3 is 2.38 bits per heavy atom. The third-order valence-corrected chi connectivity index (χ3v) is 5.12. The maximum Gasteiger partial charge on any atom is 0.317 e. The Morgan fingerprint density at radius 1 is 1.04 bits per heavy atom. The highest BCUT2D eigenvalue weighted by atomic mass is 16.5. The van der Waals surface area contributed by atoms with E-state index in [4.69, 9.17) is 9.47 Å². The molecule has 7 heteroatoms. The molecule has 3 rings (SSSR count). The third kappa shape index (κ3) is 5.33. The van der Waals surface area contributed by atoms with Gasteiger partial charge < -0.3 is 19.7 Å². The summed E-state index contributed by atoms with van der Waals surface area (Å²) >= 11 is 0. The molecule has 1 aromatic rings. The number of benzene rings is 1. The lowest BCUT2D eigenvalue weighted by Crippen LogP contribution is -2.53. The van der Waals surface area contributed by atoms with Crippen LogP contribution in [0.1, 0.15) is 5.56 Å². The van der Waals surface area contributed by atoms with Crippen molar-refractivity contribution in [1.29, 1.82) is 0 Å². The Bertz CT molecular complexity index is 570. The lowest BCUT2D eigenvalue weighted by molar-refractivity contribution is 0.0309. The first-order valence-electron chi connectivity index (χ1n) is 9.43.